The normalized spacial score (nSPS) is 25.8. The minimum absolute atomic E-state index is 0.0776. The fourth-order valence-electron chi connectivity index (χ4n) is 1.75. The van der Waals surface area contributed by atoms with Crippen LogP contribution in [0.25, 0.3) is 0 Å². The van der Waals surface area contributed by atoms with Crippen molar-refractivity contribution in [2.75, 3.05) is 20.1 Å². The molecule has 1 aliphatic rings. The standard InChI is InChI=1S/C11H22FN3O2/c1-11(2,3)17-10(16)15-6-5-9(14-13-4)8(12)7-15/h8-9,13-14H,5-7H2,1-4H3/t8-,9?/m0/s1. The molecule has 1 heterocycles. The van der Waals surface area contributed by atoms with Gasteiger partial charge in [0.1, 0.15) is 11.8 Å². The number of nitrogens with zero attached hydrogens (tertiary/aromatic N) is 1. The Bertz CT molecular complexity index is 268. The van der Waals surface area contributed by atoms with Gasteiger partial charge in [0.2, 0.25) is 0 Å². The maximum Gasteiger partial charge on any atom is 0.410 e. The minimum atomic E-state index is -1.08. The summed E-state index contributed by atoms with van der Waals surface area (Å²) in [5, 5.41) is 0. The largest absolute Gasteiger partial charge is 0.444 e. The third-order valence-electron chi connectivity index (χ3n) is 2.52. The maximum absolute atomic E-state index is 13.7. The topological polar surface area (TPSA) is 53.6 Å². The molecule has 2 N–H and O–H groups in total. The van der Waals surface area contributed by atoms with Gasteiger partial charge in [-0.2, -0.15) is 0 Å². The number of hydrogen-bond donors (Lipinski definition) is 2. The van der Waals surface area contributed by atoms with Crippen LogP contribution in [0.5, 0.6) is 0 Å². The van der Waals surface area contributed by atoms with Crippen LogP contribution in [-0.2, 0) is 4.74 Å². The van der Waals surface area contributed by atoms with E-state index in [0.29, 0.717) is 13.0 Å². The van der Waals surface area contributed by atoms with Gasteiger partial charge in [-0.1, -0.05) is 0 Å². The van der Waals surface area contributed by atoms with Crippen molar-refractivity contribution in [3.05, 3.63) is 0 Å². The molecule has 5 nitrogen and oxygen atoms in total. The zero-order valence-corrected chi connectivity index (χ0v) is 10.9. The van der Waals surface area contributed by atoms with Gasteiger partial charge in [0, 0.05) is 6.54 Å². The molecule has 0 aromatic rings. The van der Waals surface area contributed by atoms with E-state index in [-0.39, 0.29) is 12.6 Å². The smallest absolute Gasteiger partial charge is 0.410 e. The van der Waals surface area contributed by atoms with Gasteiger partial charge in [-0.25, -0.2) is 9.18 Å². The number of rotatable bonds is 2. The van der Waals surface area contributed by atoms with Gasteiger partial charge in [0.05, 0.1) is 12.6 Å². The number of amides is 1. The molecule has 0 bridgehead atoms. The quantitative estimate of drug-likeness (QED) is 0.716. The Hall–Kier alpha value is -0.880. The molecule has 17 heavy (non-hydrogen) atoms. The zero-order valence-electron chi connectivity index (χ0n) is 10.9. The summed E-state index contributed by atoms with van der Waals surface area (Å²) in [6.07, 6.45) is -0.951. The number of nitrogens with one attached hydrogen (secondary N) is 2. The molecule has 1 aliphatic heterocycles. The first kappa shape index (κ1) is 14.2. The summed E-state index contributed by atoms with van der Waals surface area (Å²) in [5.41, 5.74) is 5.02. The Balaban J connectivity index is 2.46. The lowest BCUT2D eigenvalue weighted by atomic mass is 10.0. The fraction of sp³-hybridized carbons (Fsp3) is 0.909. The number of likely N-dealkylation sites (tertiary alicyclic amines) is 1. The van der Waals surface area contributed by atoms with Gasteiger partial charge in [0.15, 0.2) is 0 Å². The number of halogens is 1. The third kappa shape index (κ3) is 4.47. The number of carbonyl (C=O) groups excluding carboxylic acids is 1. The summed E-state index contributed by atoms with van der Waals surface area (Å²) in [4.78, 5) is 13.1. The first-order valence-corrected chi connectivity index (χ1v) is 5.88. The van der Waals surface area contributed by atoms with E-state index in [2.05, 4.69) is 10.9 Å². The van der Waals surface area contributed by atoms with E-state index in [4.69, 9.17) is 4.74 Å². The highest BCUT2D eigenvalue weighted by molar-refractivity contribution is 5.68. The van der Waals surface area contributed by atoms with Crippen molar-refractivity contribution in [3.8, 4) is 0 Å². The molecule has 0 aliphatic carbocycles. The Morgan fingerprint density at radius 3 is 2.59 bits per heavy atom. The van der Waals surface area contributed by atoms with Crippen LogP contribution in [0.2, 0.25) is 0 Å². The molecule has 0 aromatic heterocycles. The molecule has 0 aromatic carbocycles. The summed E-state index contributed by atoms with van der Waals surface area (Å²) < 4.78 is 18.9. The van der Waals surface area contributed by atoms with Gasteiger partial charge in [-0.15, -0.1) is 0 Å². The second-order valence-electron chi connectivity index (χ2n) is 5.23. The lowest BCUT2D eigenvalue weighted by molar-refractivity contribution is 0.00873. The van der Waals surface area contributed by atoms with Gasteiger partial charge in [-0.05, 0) is 34.2 Å². The van der Waals surface area contributed by atoms with Crippen LogP contribution in [0.15, 0.2) is 0 Å². The molecule has 0 spiro atoms. The molecule has 100 valence electrons. The zero-order chi connectivity index (χ0) is 13.1. The van der Waals surface area contributed by atoms with E-state index < -0.39 is 17.9 Å². The molecular weight excluding hydrogens is 225 g/mol. The number of hydrogen-bond acceptors (Lipinski definition) is 4. The van der Waals surface area contributed by atoms with Crippen molar-refractivity contribution in [3.63, 3.8) is 0 Å². The first-order chi connectivity index (χ1) is 7.83. The molecule has 1 rings (SSSR count). The van der Waals surface area contributed by atoms with Crippen LogP contribution in [0.3, 0.4) is 0 Å². The predicted molar refractivity (Wildman–Crippen MR) is 63.3 cm³/mol. The van der Waals surface area contributed by atoms with E-state index >= 15 is 0 Å². The lowest BCUT2D eigenvalue weighted by Gasteiger charge is -2.35. The van der Waals surface area contributed by atoms with Gasteiger partial charge in [-0.3, -0.25) is 10.9 Å². The fourth-order valence-corrected chi connectivity index (χ4v) is 1.75. The van der Waals surface area contributed by atoms with Crippen LogP contribution in [0.4, 0.5) is 9.18 Å². The first-order valence-electron chi connectivity index (χ1n) is 5.88. The molecule has 0 radical (unpaired) electrons. The van der Waals surface area contributed by atoms with Crippen molar-refractivity contribution in [2.45, 2.75) is 45.0 Å². The molecule has 0 saturated carbocycles. The number of ether oxygens (including phenoxy) is 1. The monoisotopic (exact) mass is 247 g/mol. The Labute approximate surface area is 102 Å². The number of carbonyl (C=O) groups is 1. The average Bonchev–Trinajstić information content (AvgIpc) is 2.18. The van der Waals surface area contributed by atoms with Gasteiger partial charge in [0.25, 0.3) is 0 Å². The molecule has 1 fully saturated rings. The number of alkyl halides is 1. The molecular formula is C11H22FN3O2. The van der Waals surface area contributed by atoms with Crippen LogP contribution in [0.1, 0.15) is 27.2 Å². The van der Waals surface area contributed by atoms with Crippen LogP contribution in [0, 0.1) is 0 Å². The lowest BCUT2D eigenvalue weighted by Crippen LogP contribution is -2.55. The highest BCUT2D eigenvalue weighted by atomic mass is 19.1. The van der Waals surface area contributed by atoms with Crippen molar-refractivity contribution in [2.24, 2.45) is 0 Å². The third-order valence-corrected chi connectivity index (χ3v) is 2.52. The molecule has 1 unspecified atom stereocenters. The molecule has 6 heteroatoms. The Kier molecular flexibility index (Phi) is 4.70. The summed E-state index contributed by atoms with van der Waals surface area (Å²) in [7, 11) is 1.70. The average molecular weight is 247 g/mol. The van der Waals surface area contributed by atoms with Crippen LogP contribution >= 0.6 is 0 Å². The summed E-state index contributed by atoms with van der Waals surface area (Å²) in [6, 6.07) is -0.251. The summed E-state index contributed by atoms with van der Waals surface area (Å²) in [5.74, 6) is 0. The summed E-state index contributed by atoms with van der Waals surface area (Å²) in [6.45, 7) is 5.98. The molecule has 1 amide bonds. The van der Waals surface area contributed by atoms with Gasteiger partial charge >= 0.3 is 6.09 Å². The van der Waals surface area contributed by atoms with E-state index in [1.165, 1.54) is 4.90 Å². The maximum atomic E-state index is 13.7. The van der Waals surface area contributed by atoms with E-state index in [0.717, 1.165) is 0 Å². The predicted octanol–water partition coefficient (Wildman–Crippen LogP) is 1.06. The van der Waals surface area contributed by atoms with Crippen LogP contribution in [-0.4, -0.2) is 48.9 Å². The van der Waals surface area contributed by atoms with E-state index in [1.54, 1.807) is 27.8 Å². The minimum Gasteiger partial charge on any atom is -0.444 e. The second-order valence-corrected chi connectivity index (χ2v) is 5.23. The highest BCUT2D eigenvalue weighted by Gasteiger charge is 2.33. The van der Waals surface area contributed by atoms with Crippen molar-refractivity contribution >= 4 is 6.09 Å². The number of piperidine rings is 1. The van der Waals surface area contributed by atoms with E-state index in [1.807, 2.05) is 0 Å². The van der Waals surface area contributed by atoms with Crippen molar-refractivity contribution in [1.29, 1.82) is 0 Å². The Morgan fingerprint density at radius 1 is 1.47 bits per heavy atom. The molecule has 1 saturated heterocycles. The van der Waals surface area contributed by atoms with Crippen molar-refractivity contribution in [1.82, 2.24) is 15.8 Å². The van der Waals surface area contributed by atoms with Gasteiger partial charge < -0.3 is 9.64 Å². The second kappa shape index (κ2) is 5.64. The molecule has 2 atom stereocenters. The van der Waals surface area contributed by atoms with E-state index in [9.17, 15) is 9.18 Å². The van der Waals surface area contributed by atoms with Crippen LogP contribution < -0.4 is 10.9 Å². The Morgan fingerprint density at radius 2 is 2.12 bits per heavy atom. The summed E-state index contributed by atoms with van der Waals surface area (Å²) >= 11 is 0. The highest BCUT2D eigenvalue weighted by Crippen LogP contribution is 2.17. The number of hydrazine groups is 1. The SMILES string of the molecule is CNNC1CCN(C(=O)OC(C)(C)C)C[C@@H]1F. The van der Waals surface area contributed by atoms with Crippen molar-refractivity contribution < 1.29 is 13.9 Å².